The van der Waals surface area contributed by atoms with Gasteiger partial charge in [-0.25, -0.2) is 9.97 Å². The molecule has 5 rings (SSSR count). The van der Waals surface area contributed by atoms with E-state index in [1.165, 1.54) is 19.0 Å². The lowest BCUT2D eigenvalue weighted by Gasteiger charge is -2.24. The zero-order valence-electron chi connectivity index (χ0n) is 18.5. The number of nitriles is 1. The van der Waals surface area contributed by atoms with E-state index >= 15 is 0 Å². The number of aromatic nitrogens is 3. The molecule has 184 valence electrons. The summed E-state index contributed by atoms with van der Waals surface area (Å²) in [5.41, 5.74) is 5.70. The zero-order valence-corrected chi connectivity index (χ0v) is 20.1. The number of carbonyl (C=O) groups is 1. The fourth-order valence-electron chi connectivity index (χ4n) is 5.19. The van der Waals surface area contributed by atoms with Gasteiger partial charge in [0.2, 0.25) is 11.7 Å². The number of rotatable bonds is 4. The maximum absolute atomic E-state index is 12.9. The molecule has 0 aromatic carbocycles. The molecular weight excluding hydrogens is 515 g/mol. The minimum absolute atomic E-state index is 0.124. The number of primary amides is 1. The molecule has 0 spiro atoms. The summed E-state index contributed by atoms with van der Waals surface area (Å²) in [4.78, 5) is 19.0. The molecule has 12 heteroatoms. The van der Waals surface area contributed by atoms with E-state index in [4.69, 9.17) is 11.0 Å². The summed E-state index contributed by atoms with van der Waals surface area (Å²) in [7, 11) is 0. The highest BCUT2D eigenvalue weighted by Gasteiger charge is 2.41. The molecule has 3 aliphatic rings. The fourth-order valence-corrected chi connectivity index (χ4v) is 5.82. The first kappa shape index (κ1) is 24.7. The summed E-state index contributed by atoms with van der Waals surface area (Å²) < 4.78 is 39.9. The first-order valence-electron chi connectivity index (χ1n) is 11.5. The summed E-state index contributed by atoms with van der Waals surface area (Å²) in [5, 5.41) is 15.7. The SMILES string of the molecule is N#Cc1nc2cnc(NC3CCCCC3)c(Br)c2n1CC(F)(F)F.NC(=O)C1CC2CCC1N2. The average Bonchev–Trinajstić information content (AvgIpc) is 3.51. The number of nitrogens with one attached hydrogen (secondary N) is 2. The second kappa shape index (κ2) is 10.1. The Labute approximate surface area is 203 Å². The summed E-state index contributed by atoms with van der Waals surface area (Å²) in [6.07, 6.45) is 5.78. The monoisotopic (exact) mass is 541 g/mol. The molecule has 8 nitrogen and oxygen atoms in total. The van der Waals surface area contributed by atoms with E-state index in [-0.39, 0.29) is 34.7 Å². The van der Waals surface area contributed by atoms with Crippen LogP contribution in [0.5, 0.6) is 0 Å². The largest absolute Gasteiger partial charge is 0.406 e. The average molecular weight is 542 g/mol. The Kier molecular flexibility index (Phi) is 7.33. The lowest BCUT2D eigenvalue weighted by atomic mass is 9.89. The lowest BCUT2D eigenvalue weighted by molar-refractivity contribution is -0.140. The number of nitrogens with zero attached hydrogens (tertiary/aromatic N) is 4. The Hall–Kier alpha value is -2.39. The van der Waals surface area contributed by atoms with Gasteiger partial charge in [-0.15, -0.1) is 0 Å². The number of hydrogen-bond donors (Lipinski definition) is 3. The summed E-state index contributed by atoms with van der Waals surface area (Å²) >= 11 is 3.35. The third-order valence-corrected chi connectivity index (χ3v) is 7.53. The van der Waals surface area contributed by atoms with E-state index in [9.17, 15) is 18.0 Å². The number of imidazole rings is 1. The van der Waals surface area contributed by atoms with Crippen LogP contribution in [0, 0.1) is 17.2 Å². The second-order valence-corrected chi connectivity index (χ2v) is 9.97. The number of alkyl halides is 3. The predicted octanol–water partition coefficient (Wildman–Crippen LogP) is 3.98. The van der Waals surface area contributed by atoms with Crippen molar-refractivity contribution in [3.05, 3.63) is 16.5 Å². The highest BCUT2D eigenvalue weighted by atomic mass is 79.9. The first-order valence-corrected chi connectivity index (χ1v) is 12.3. The maximum Gasteiger partial charge on any atom is 0.406 e. The van der Waals surface area contributed by atoms with Crippen molar-refractivity contribution in [3.63, 3.8) is 0 Å². The Morgan fingerprint density at radius 2 is 2.03 bits per heavy atom. The Balaban J connectivity index is 0.000000226. The van der Waals surface area contributed by atoms with Crippen LogP contribution in [0.25, 0.3) is 11.0 Å². The van der Waals surface area contributed by atoms with Gasteiger partial charge in [0.05, 0.1) is 22.1 Å². The van der Waals surface area contributed by atoms with Crippen LogP contribution in [-0.2, 0) is 11.3 Å². The highest BCUT2D eigenvalue weighted by molar-refractivity contribution is 9.10. The molecule has 3 fully saturated rings. The van der Waals surface area contributed by atoms with Gasteiger partial charge >= 0.3 is 6.18 Å². The van der Waals surface area contributed by atoms with Gasteiger partial charge in [0.1, 0.15) is 23.9 Å². The van der Waals surface area contributed by atoms with Crippen molar-refractivity contribution in [1.82, 2.24) is 19.9 Å². The van der Waals surface area contributed by atoms with Crippen molar-refractivity contribution in [2.45, 2.75) is 82.2 Å². The van der Waals surface area contributed by atoms with Crippen LogP contribution in [0.2, 0.25) is 0 Å². The van der Waals surface area contributed by atoms with E-state index in [0.717, 1.165) is 43.1 Å². The van der Waals surface area contributed by atoms with E-state index < -0.39 is 12.7 Å². The quantitative estimate of drug-likeness (QED) is 0.538. The van der Waals surface area contributed by atoms with Crippen molar-refractivity contribution < 1.29 is 18.0 Å². The topological polar surface area (TPSA) is 122 Å². The van der Waals surface area contributed by atoms with Gasteiger partial charge < -0.3 is 20.9 Å². The standard InChI is InChI=1S/C15H15BrF3N5.C7H12N2O/c16-12-13-10(23-11(6-20)24(13)8-15(17,18)19)7-21-14(12)22-9-4-2-1-3-5-9;8-7(10)5-3-4-1-2-6(5)9-4/h7,9H,1-5,8H2,(H,21,22);4-6,9H,1-3H2,(H2,8,10). The van der Waals surface area contributed by atoms with Crippen molar-refractivity contribution >= 4 is 38.7 Å². The van der Waals surface area contributed by atoms with Crippen molar-refractivity contribution in [2.24, 2.45) is 11.7 Å². The van der Waals surface area contributed by atoms with Crippen LogP contribution in [0.3, 0.4) is 0 Å². The van der Waals surface area contributed by atoms with Gasteiger partial charge in [-0.3, -0.25) is 4.79 Å². The second-order valence-electron chi connectivity index (χ2n) is 9.17. The van der Waals surface area contributed by atoms with E-state index in [1.807, 2.05) is 0 Å². The van der Waals surface area contributed by atoms with E-state index in [1.54, 1.807) is 6.07 Å². The molecule has 2 saturated heterocycles. The van der Waals surface area contributed by atoms with Gasteiger partial charge in [0.25, 0.3) is 0 Å². The maximum atomic E-state index is 12.9. The number of hydrogen-bond acceptors (Lipinski definition) is 6. The Morgan fingerprint density at radius 1 is 1.29 bits per heavy atom. The molecule has 1 amide bonds. The zero-order chi connectivity index (χ0) is 24.5. The number of amides is 1. The van der Waals surface area contributed by atoms with E-state index in [0.29, 0.717) is 22.4 Å². The first-order chi connectivity index (χ1) is 16.2. The summed E-state index contributed by atoms with van der Waals surface area (Å²) in [5.74, 6) is 0.209. The van der Waals surface area contributed by atoms with Gasteiger partial charge in [-0.2, -0.15) is 18.4 Å². The smallest absolute Gasteiger partial charge is 0.369 e. The van der Waals surface area contributed by atoms with Gasteiger partial charge in [-0.1, -0.05) is 19.3 Å². The molecular formula is C22H27BrF3N7O. The van der Waals surface area contributed by atoms with Crippen molar-refractivity contribution in [2.75, 3.05) is 5.32 Å². The molecule has 2 aromatic rings. The Bertz CT molecular complexity index is 1090. The molecule has 2 aromatic heterocycles. The van der Waals surface area contributed by atoms with Crippen LogP contribution in [0.4, 0.5) is 19.0 Å². The predicted molar refractivity (Wildman–Crippen MR) is 124 cm³/mol. The minimum Gasteiger partial charge on any atom is -0.369 e. The molecule has 2 bridgehead atoms. The van der Waals surface area contributed by atoms with E-state index in [2.05, 4.69) is 36.5 Å². The van der Waals surface area contributed by atoms with Gasteiger partial charge in [-0.05, 0) is 48.0 Å². The van der Waals surface area contributed by atoms with Crippen LogP contribution in [-0.4, -0.2) is 44.7 Å². The van der Waals surface area contributed by atoms with Crippen molar-refractivity contribution in [1.29, 1.82) is 5.26 Å². The van der Waals surface area contributed by atoms with Crippen LogP contribution in [0.1, 0.15) is 57.2 Å². The minimum atomic E-state index is -4.45. The van der Waals surface area contributed by atoms with Crippen LogP contribution in [0.15, 0.2) is 10.7 Å². The number of fused-ring (bicyclic) bond motifs is 3. The normalized spacial score (nSPS) is 24.5. The number of halogens is 4. The van der Waals surface area contributed by atoms with Gasteiger partial charge in [0.15, 0.2) is 0 Å². The molecule has 4 N–H and O–H groups in total. The number of carbonyl (C=O) groups excluding carboxylic acids is 1. The fraction of sp³-hybridized carbons (Fsp3) is 0.636. The number of nitrogens with two attached hydrogens (primary N) is 1. The molecule has 3 unspecified atom stereocenters. The highest BCUT2D eigenvalue weighted by Crippen LogP contribution is 2.34. The molecule has 34 heavy (non-hydrogen) atoms. The molecule has 2 aliphatic heterocycles. The third-order valence-electron chi connectivity index (χ3n) is 6.78. The van der Waals surface area contributed by atoms with Gasteiger partial charge in [0, 0.05) is 18.1 Å². The summed E-state index contributed by atoms with van der Waals surface area (Å²) in [6, 6.07) is 2.97. The van der Waals surface area contributed by atoms with Crippen LogP contribution < -0.4 is 16.4 Å². The number of anilines is 1. The molecule has 1 aliphatic carbocycles. The Morgan fingerprint density at radius 3 is 2.56 bits per heavy atom. The summed E-state index contributed by atoms with van der Waals surface area (Å²) in [6.45, 7) is -1.27. The molecule has 4 heterocycles. The van der Waals surface area contributed by atoms with Crippen LogP contribution >= 0.6 is 15.9 Å². The molecule has 0 radical (unpaired) electrons. The number of pyridine rings is 1. The lowest BCUT2D eigenvalue weighted by Crippen LogP contribution is -2.33. The molecule has 1 saturated carbocycles. The molecule has 3 atom stereocenters. The van der Waals surface area contributed by atoms with Crippen molar-refractivity contribution in [3.8, 4) is 6.07 Å². The third kappa shape index (κ3) is 5.46.